The summed E-state index contributed by atoms with van der Waals surface area (Å²) >= 11 is 0. The molecule has 0 aliphatic carbocycles. The third kappa shape index (κ3) is 3.54. The van der Waals surface area contributed by atoms with E-state index in [-0.39, 0.29) is 0 Å². The van der Waals surface area contributed by atoms with Gasteiger partial charge in [0.2, 0.25) is 0 Å². The Morgan fingerprint density at radius 3 is 2.24 bits per heavy atom. The molecule has 1 heteroatoms. The van der Waals surface area contributed by atoms with Crippen LogP contribution in [-0.2, 0) is 4.74 Å². The maximum absolute atomic E-state index is 6.00. The first-order chi connectivity index (χ1) is 10.4. The molecule has 1 heterocycles. The highest BCUT2D eigenvalue weighted by molar-refractivity contribution is 5.63. The molecule has 0 saturated carbocycles. The van der Waals surface area contributed by atoms with Crippen molar-refractivity contribution < 1.29 is 4.74 Å². The molecule has 0 N–H and O–H groups in total. The summed E-state index contributed by atoms with van der Waals surface area (Å²) in [4.78, 5) is 0. The SMILES string of the molecule is CCCC1CCC(c2ccc(-c3ccccc3)cc2)CO1. The molecule has 0 radical (unpaired) electrons. The second-order valence-corrected chi connectivity index (χ2v) is 6.01. The summed E-state index contributed by atoms with van der Waals surface area (Å²) in [5.74, 6) is 0.572. The molecule has 2 aromatic carbocycles. The van der Waals surface area contributed by atoms with E-state index in [0.29, 0.717) is 12.0 Å². The Kier molecular flexibility index (Phi) is 4.72. The van der Waals surface area contributed by atoms with Gasteiger partial charge in [0.05, 0.1) is 12.7 Å². The predicted octanol–water partition coefficient (Wildman–Crippen LogP) is 5.42. The summed E-state index contributed by atoms with van der Waals surface area (Å²) in [6, 6.07) is 19.6. The van der Waals surface area contributed by atoms with E-state index in [1.54, 1.807) is 0 Å². The molecule has 3 rings (SSSR count). The lowest BCUT2D eigenvalue weighted by atomic mass is 9.89. The standard InChI is InChI=1S/C20H24O/c1-2-6-20-14-13-19(15-21-20)18-11-9-17(10-12-18)16-7-4-3-5-8-16/h3-5,7-12,19-20H,2,6,13-15H2,1H3. The molecular formula is C20H24O. The van der Waals surface area contributed by atoms with Crippen molar-refractivity contribution in [2.75, 3.05) is 6.61 Å². The number of benzene rings is 2. The quantitative estimate of drug-likeness (QED) is 0.727. The molecule has 0 bridgehead atoms. The van der Waals surface area contributed by atoms with Gasteiger partial charge >= 0.3 is 0 Å². The number of rotatable bonds is 4. The molecule has 0 amide bonds. The van der Waals surface area contributed by atoms with Gasteiger partial charge in [0.1, 0.15) is 0 Å². The van der Waals surface area contributed by atoms with Crippen molar-refractivity contribution in [1.82, 2.24) is 0 Å². The predicted molar refractivity (Wildman–Crippen MR) is 88.5 cm³/mol. The smallest absolute Gasteiger partial charge is 0.0575 e. The van der Waals surface area contributed by atoms with Gasteiger partial charge < -0.3 is 4.74 Å². The first-order valence-electron chi connectivity index (χ1n) is 8.14. The van der Waals surface area contributed by atoms with Crippen LogP contribution in [0.5, 0.6) is 0 Å². The minimum Gasteiger partial charge on any atom is -0.378 e. The minimum absolute atomic E-state index is 0.495. The third-order valence-electron chi connectivity index (χ3n) is 4.47. The molecule has 1 fully saturated rings. The van der Waals surface area contributed by atoms with E-state index >= 15 is 0 Å². The van der Waals surface area contributed by atoms with E-state index in [9.17, 15) is 0 Å². The van der Waals surface area contributed by atoms with Gasteiger partial charge in [0.25, 0.3) is 0 Å². The highest BCUT2D eigenvalue weighted by atomic mass is 16.5. The molecule has 110 valence electrons. The van der Waals surface area contributed by atoms with Gasteiger partial charge in [-0.1, -0.05) is 67.9 Å². The van der Waals surface area contributed by atoms with Gasteiger partial charge in [-0.25, -0.2) is 0 Å². The summed E-state index contributed by atoms with van der Waals surface area (Å²) < 4.78 is 6.00. The normalized spacial score (nSPS) is 22.1. The van der Waals surface area contributed by atoms with E-state index in [1.807, 2.05) is 0 Å². The van der Waals surface area contributed by atoms with Gasteiger partial charge in [-0.15, -0.1) is 0 Å². The molecule has 1 aliphatic rings. The lowest BCUT2D eigenvalue weighted by Gasteiger charge is -2.29. The number of ether oxygens (including phenoxy) is 1. The molecule has 1 aliphatic heterocycles. The van der Waals surface area contributed by atoms with Crippen molar-refractivity contribution in [3.8, 4) is 11.1 Å². The second-order valence-electron chi connectivity index (χ2n) is 6.01. The lowest BCUT2D eigenvalue weighted by molar-refractivity contribution is -0.00111. The molecule has 2 aromatic rings. The summed E-state index contributed by atoms with van der Waals surface area (Å²) in [6.45, 7) is 3.12. The third-order valence-corrected chi connectivity index (χ3v) is 4.47. The lowest BCUT2D eigenvalue weighted by Crippen LogP contribution is -2.24. The molecule has 2 atom stereocenters. The number of hydrogen-bond donors (Lipinski definition) is 0. The van der Waals surface area contributed by atoms with Gasteiger partial charge in [-0.05, 0) is 36.0 Å². The highest BCUT2D eigenvalue weighted by Gasteiger charge is 2.22. The highest BCUT2D eigenvalue weighted by Crippen LogP contribution is 2.31. The molecule has 0 spiro atoms. The van der Waals surface area contributed by atoms with Crippen LogP contribution in [0.1, 0.15) is 44.1 Å². The Balaban J connectivity index is 1.65. The Hall–Kier alpha value is -1.60. The minimum atomic E-state index is 0.495. The van der Waals surface area contributed by atoms with Crippen molar-refractivity contribution in [1.29, 1.82) is 0 Å². The summed E-state index contributed by atoms with van der Waals surface area (Å²) in [7, 11) is 0. The fraction of sp³-hybridized carbons (Fsp3) is 0.400. The van der Waals surface area contributed by atoms with Crippen LogP contribution in [0.2, 0.25) is 0 Å². The molecule has 0 aromatic heterocycles. The summed E-state index contributed by atoms with van der Waals surface area (Å²) in [5, 5.41) is 0. The summed E-state index contributed by atoms with van der Waals surface area (Å²) in [6.07, 6.45) is 5.39. The van der Waals surface area contributed by atoms with Crippen LogP contribution in [0.4, 0.5) is 0 Å². The van der Waals surface area contributed by atoms with Gasteiger partial charge in [0.15, 0.2) is 0 Å². The van der Waals surface area contributed by atoms with Crippen LogP contribution in [0.25, 0.3) is 11.1 Å². The van der Waals surface area contributed by atoms with Crippen molar-refractivity contribution in [2.24, 2.45) is 0 Å². The summed E-state index contributed by atoms with van der Waals surface area (Å²) in [5.41, 5.74) is 4.00. The van der Waals surface area contributed by atoms with Crippen LogP contribution in [0, 0.1) is 0 Å². The van der Waals surface area contributed by atoms with Crippen LogP contribution in [0.3, 0.4) is 0 Å². The first kappa shape index (κ1) is 14.3. The first-order valence-corrected chi connectivity index (χ1v) is 8.14. The van der Waals surface area contributed by atoms with Crippen molar-refractivity contribution in [3.63, 3.8) is 0 Å². The largest absolute Gasteiger partial charge is 0.378 e. The van der Waals surface area contributed by atoms with Crippen LogP contribution in [-0.4, -0.2) is 12.7 Å². The molecule has 21 heavy (non-hydrogen) atoms. The topological polar surface area (TPSA) is 9.23 Å². The monoisotopic (exact) mass is 280 g/mol. The van der Waals surface area contributed by atoms with Crippen LogP contribution >= 0.6 is 0 Å². The van der Waals surface area contributed by atoms with Crippen LogP contribution in [0.15, 0.2) is 54.6 Å². The van der Waals surface area contributed by atoms with Crippen molar-refractivity contribution >= 4 is 0 Å². The molecule has 1 saturated heterocycles. The zero-order chi connectivity index (χ0) is 14.5. The van der Waals surface area contributed by atoms with Crippen molar-refractivity contribution in [3.05, 3.63) is 60.2 Å². The molecular weight excluding hydrogens is 256 g/mol. The maximum Gasteiger partial charge on any atom is 0.0575 e. The Morgan fingerprint density at radius 2 is 1.62 bits per heavy atom. The fourth-order valence-electron chi connectivity index (χ4n) is 3.20. The maximum atomic E-state index is 6.00. The van der Waals surface area contributed by atoms with E-state index in [0.717, 1.165) is 6.61 Å². The average Bonchev–Trinajstić information content (AvgIpc) is 2.57. The zero-order valence-electron chi connectivity index (χ0n) is 12.8. The number of hydrogen-bond acceptors (Lipinski definition) is 1. The second kappa shape index (κ2) is 6.91. The molecule has 1 nitrogen and oxygen atoms in total. The van der Waals surface area contributed by atoms with Gasteiger partial charge in [-0.2, -0.15) is 0 Å². The Bertz CT molecular complexity index is 536. The van der Waals surface area contributed by atoms with E-state index in [1.165, 1.54) is 42.4 Å². The van der Waals surface area contributed by atoms with E-state index in [4.69, 9.17) is 4.74 Å². The van der Waals surface area contributed by atoms with E-state index < -0.39 is 0 Å². The fourth-order valence-corrected chi connectivity index (χ4v) is 3.20. The van der Waals surface area contributed by atoms with E-state index in [2.05, 4.69) is 61.5 Å². The Morgan fingerprint density at radius 1 is 0.905 bits per heavy atom. The van der Waals surface area contributed by atoms with Crippen molar-refractivity contribution in [2.45, 2.75) is 44.6 Å². The van der Waals surface area contributed by atoms with Gasteiger partial charge in [-0.3, -0.25) is 0 Å². The average molecular weight is 280 g/mol. The Labute approximate surface area is 128 Å². The van der Waals surface area contributed by atoms with Gasteiger partial charge in [0, 0.05) is 5.92 Å². The molecule has 2 unspecified atom stereocenters. The van der Waals surface area contributed by atoms with Crippen LogP contribution < -0.4 is 0 Å². The zero-order valence-corrected chi connectivity index (χ0v) is 12.8.